The summed E-state index contributed by atoms with van der Waals surface area (Å²) in [4.78, 5) is 51.6. The quantitative estimate of drug-likeness (QED) is 0.363. The molecule has 2 heterocycles. The van der Waals surface area contributed by atoms with Gasteiger partial charge in [0, 0.05) is 19.8 Å². The lowest BCUT2D eigenvalue weighted by Gasteiger charge is -2.62. The molecular formula is C31H36O10. The van der Waals surface area contributed by atoms with Gasteiger partial charge >= 0.3 is 23.9 Å². The Morgan fingerprint density at radius 2 is 1.49 bits per heavy atom. The van der Waals surface area contributed by atoms with E-state index >= 15 is 0 Å². The van der Waals surface area contributed by atoms with Crippen molar-refractivity contribution in [2.75, 3.05) is 0 Å². The van der Waals surface area contributed by atoms with Crippen LogP contribution in [0.5, 0.6) is 0 Å². The van der Waals surface area contributed by atoms with Gasteiger partial charge < -0.3 is 28.1 Å². The number of hydrogen-bond donors (Lipinski definition) is 0. The number of rotatable bonds is 6. The molecule has 10 nitrogen and oxygen atoms in total. The highest BCUT2D eigenvalue weighted by Crippen LogP contribution is 2.67. The van der Waals surface area contributed by atoms with Crippen LogP contribution in [-0.4, -0.2) is 59.5 Å². The van der Waals surface area contributed by atoms with Crippen molar-refractivity contribution < 1.29 is 47.3 Å². The van der Waals surface area contributed by atoms with E-state index in [9.17, 15) is 19.2 Å². The second kappa shape index (κ2) is 10.3. The molecule has 0 radical (unpaired) electrons. The molecule has 2 bridgehead atoms. The molecule has 1 aliphatic heterocycles. The van der Waals surface area contributed by atoms with Gasteiger partial charge in [-0.3, -0.25) is 9.59 Å². The lowest BCUT2D eigenvalue weighted by Crippen LogP contribution is -2.75. The lowest BCUT2D eigenvalue weighted by molar-refractivity contribution is -0.304. The second-order valence-corrected chi connectivity index (χ2v) is 12.0. The molecule has 3 aliphatic rings. The second-order valence-electron chi connectivity index (χ2n) is 12.0. The van der Waals surface area contributed by atoms with E-state index in [-0.39, 0.29) is 11.7 Å². The van der Waals surface area contributed by atoms with Crippen LogP contribution in [0.2, 0.25) is 0 Å². The summed E-state index contributed by atoms with van der Waals surface area (Å²) in [6.45, 7) is 10.2. The Kier molecular flexibility index (Phi) is 7.26. The first-order chi connectivity index (χ1) is 19.3. The first-order valence-corrected chi connectivity index (χ1v) is 13.9. The molecule has 0 N–H and O–H groups in total. The molecule has 8 atom stereocenters. The van der Waals surface area contributed by atoms with Crippen LogP contribution in [0.25, 0.3) is 0 Å². The molecule has 0 amide bonds. The third-order valence-corrected chi connectivity index (χ3v) is 9.32. The molecule has 10 heteroatoms. The molecule has 2 aromatic rings. The van der Waals surface area contributed by atoms with Gasteiger partial charge in [0.2, 0.25) is 5.76 Å². The smallest absolute Gasteiger partial charge is 0.374 e. The third-order valence-electron chi connectivity index (χ3n) is 9.32. The average molecular weight is 569 g/mol. The van der Waals surface area contributed by atoms with Crippen molar-refractivity contribution in [1.29, 1.82) is 0 Å². The molecule has 3 fully saturated rings. The van der Waals surface area contributed by atoms with Crippen LogP contribution in [0.4, 0.5) is 0 Å². The van der Waals surface area contributed by atoms with Gasteiger partial charge in [0.1, 0.15) is 12.2 Å². The summed E-state index contributed by atoms with van der Waals surface area (Å²) in [6.07, 6.45) is -2.02. The van der Waals surface area contributed by atoms with Crippen LogP contribution in [0.3, 0.4) is 0 Å². The highest BCUT2D eigenvalue weighted by molar-refractivity contribution is 5.89. The lowest BCUT2D eigenvalue weighted by atomic mass is 9.49. The minimum atomic E-state index is -1.24. The summed E-state index contributed by atoms with van der Waals surface area (Å²) in [5.41, 5.74) is -2.61. The zero-order valence-corrected chi connectivity index (χ0v) is 24.1. The van der Waals surface area contributed by atoms with E-state index in [1.807, 2.05) is 27.7 Å². The minimum Gasteiger partial charge on any atom is -0.458 e. The summed E-state index contributed by atoms with van der Waals surface area (Å²) in [6, 6.07) is 11.6. The van der Waals surface area contributed by atoms with Crippen molar-refractivity contribution in [2.45, 2.75) is 90.0 Å². The first-order valence-electron chi connectivity index (χ1n) is 13.9. The molecule has 2 aliphatic carbocycles. The minimum absolute atomic E-state index is 0.0312. The highest BCUT2D eigenvalue weighted by Gasteiger charge is 2.78. The van der Waals surface area contributed by atoms with Gasteiger partial charge in [-0.25, -0.2) is 9.59 Å². The van der Waals surface area contributed by atoms with Gasteiger partial charge in [-0.05, 0) is 63.8 Å². The van der Waals surface area contributed by atoms with Crippen LogP contribution >= 0.6 is 0 Å². The molecule has 1 spiro atoms. The Labute approximate surface area is 238 Å². The van der Waals surface area contributed by atoms with E-state index < -0.39 is 70.8 Å². The topological polar surface area (TPSA) is 128 Å². The van der Waals surface area contributed by atoms with E-state index in [0.29, 0.717) is 18.4 Å². The fourth-order valence-corrected chi connectivity index (χ4v) is 7.32. The largest absolute Gasteiger partial charge is 0.458 e. The van der Waals surface area contributed by atoms with Crippen molar-refractivity contribution in [2.24, 2.45) is 17.3 Å². The maximum absolute atomic E-state index is 13.4. The van der Waals surface area contributed by atoms with Crippen molar-refractivity contribution in [1.82, 2.24) is 0 Å². The van der Waals surface area contributed by atoms with E-state index in [1.54, 1.807) is 36.4 Å². The van der Waals surface area contributed by atoms with Crippen LogP contribution in [0, 0.1) is 17.3 Å². The Bertz CT molecular complexity index is 1320. The summed E-state index contributed by atoms with van der Waals surface area (Å²) < 4.78 is 36.2. The van der Waals surface area contributed by atoms with Crippen LogP contribution in [-0.2, 0) is 33.3 Å². The summed E-state index contributed by atoms with van der Waals surface area (Å²) in [5, 5.41) is 0. The van der Waals surface area contributed by atoms with E-state index in [4.69, 9.17) is 28.1 Å². The highest BCUT2D eigenvalue weighted by atomic mass is 16.6. The molecule has 1 aromatic carbocycles. The number of benzene rings is 1. The summed E-state index contributed by atoms with van der Waals surface area (Å²) in [5.74, 6) is -3.23. The zero-order chi connectivity index (χ0) is 29.7. The van der Waals surface area contributed by atoms with Gasteiger partial charge in [-0.2, -0.15) is 0 Å². The number of carbonyl (C=O) groups excluding carboxylic acids is 4. The molecule has 220 valence electrons. The summed E-state index contributed by atoms with van der Waals surface area (Å²) >= 11 is 0. The molecule has 2 saturated carbocycles. The molecule has 1 saturated heterocycles. The standard InChI is InChI=1S/C31H36O10/c1-17-24(37-18(2)32)25(38-19(3)33)26(40-28(35)22-13-10-14-36-22)30(6)23(39-27(34)20-11-8-7-9-12-20)15-21-16-31(17,30)41-29(21,4)5/h7-14,17,21,23-26H,15-16H2,1-6H3/t17-,21-,23+,24-,25-,26+,30-,31+/m1/s1. The average Bonchev–Trinajstić information content (AvgIpc) is 3.53. The Hall–Kier alpha value is -3.66. The number of esters is 4. The monoisotopic (exact) mass is 568 g/mol. The van der Waals surface area contributed by atoms with E-state index in [1.165, 1.54) is 26.2 Å². The SMILES string of the molecule is CC(=O)O[C@@H]1[C@H](OC(C)=O)[C@@H](C)[C@@]23C[C@@H](C[C@H](OC(=O)c4ccccc4)[C@]2(C)[C@H]1OC(=O)c1ccco1)C(C)(C)O3. The normalized spacial score (nSPS) is 35.1. The van der Waals surface area contributed by atoms with Crippen LogP contribution in [0.15, 0.2) is 53.1 Å². The zero-order valence-electron chi connectivity index (χ0n) is 24.1. The molecule has 0 unspecified atom stereocenters. The van der Waals surface area contributed by atoms with Crippen LogP contribution < -0.4 is 0 Å². The predicted molar refractivity (Wildman–Crippen MR) is 143 cm³/mol. The van der Waals surface area contributed by atoms with Gasteiger partial charge in [0.05, 0.1) is 28.4 Å². The number of furan rings is 1. The van der Waals surface area contributed by atoms with Crippen LogP contribution in [0.1, 0.15) is 75.3 Å². The first kappa shape index (κ1) is 28.9. The predicted octanol–water partition coefficient (Wildman–Crippen LogP) is 4.51. The molecule has 1 aromatic heterocycles. The Morgan fingerprint density at radius 3 is 2.10 bits per heavy atom. The van der Waals surface area contributed by atoms with Crippen molar-refractivity contribution >= 4 is 23.9 Å². The Morgan fingerprint density at radius 1 is 0.829 bits per heavy atom. The fourth-order valence-electron chi connectivity index (χ4n) is 7.32. The number of hydrogen-bond acceptors (Lipinski definition) is 10. The molecular weight excluding hydrogens is 532 g/mol. The summed E-state index contributed by atoms with van der Waals surface area (Å²) in [7, 11) is 0. The van der Waals surface area contributed by atoms with Gasteiger partial charge in [0.25, 0.3) is 0 Å². The fraction of sp³-hybridized carbons (Fsp3) is 0.548. The number of carbonyl (C=O) groups is 4. The number of fused-ring (bicyclic) bond motifs is 1. The van der Waals surface area contributed by atoms with E-state index in [0.717, 1.165) is 0 Å². The maximum atomic E-state index is 13.4. The van der Waals surface area contributed by atoms with Crippen molar-refractivity contribution in [3.05, 3.63) is 60.1 Å². The molecule has 41 heavy (non-hydrogen) atoms. The maximum Gasteiger partial charge on any atom is 0.374 e. The van der Waals surface area contributed by atoms with Gasteiger partial charge in [-0.1, -0.05) is 25.1 Å². The Balaban J connectivity index is 1.68. The van der Waals surface area contributed by atoms with Gasteiger partial charge in [-0.15, -0.1) is 0 Å². The number of ether oxygens (including phenoxy) is 5. The van der Waals surface area contributed by atoms with E-state index in [2.05, 4.69) is 0 Å². The van der Waals surface area contributed by atoms with Gasteiger partial charge in [0.15, 0.2) is 12.2 Å². The van der Waals surface area contributed by atoms with Crippen molar-refractivity contribution in [3.63, 3.8) is 0 Å². The molecule has 5 rings (SSSR count). The third kappa shape index (κ3) is 4.71. The van der Waals surface area contributed by atoms with Crippen molar-refractivity contribution in [3.8, 4) is 0 Å².